The highest BCUT2D eigenvalue weighted by Crippen LogP contribution is 2.21. The van der Waals surface area contributed by atoms with Gasteiger partial charge >= 0.3 is 0 Å². The second-order valence-electron chi connectivity index (χ2n) is 5.52. The van der Waals surface area contributed by atoms with E-state index >= 15 is 0 Å². The summed E-state index contributed by atoms with van der Waals surface area (Å²) in [5.41, 5.74) is 1.97. The van der Waals surface area contributed by atoms with E-state index in [1.807, 2.05) is 0 Å². The van der Waals surface area contributed by atoms with Gasteiger partial charge in [-0.25, -0.2) is 8.42 Å². The summed E-state index contributed by atoms with van der Waals surface area (Å²) >= 11 is 0. The molecule has 1 atom stereocenters. The van der Waals surface area contributed by atoms with Crippen LogP contribution >= 0.6 is 0 Å². The lowest BCUT2D eigenvalue weighted by molar-refractivity contribution is -0.116. The van der Waals surface area contributed by atoms with Crippen molar-refractivity contribution < 1.29 is 13.2 Å². The molecule has 1 aromatic carbocycles. The average molecular weight is 311 g/mol. The number of rotatable bonds is 5. The molecule has 6 nitrogen and oxygen atoms in total. The molecular formula is C14H21N3O3S. The van der Waals surface area contributed by atoms with E-state index in [-0.39, 0.29) is 5.91 Å². The third kappa shape index (κ3) is 5.02. The van der Waals surface area contributed by atoms with Gasteiger partial charge in [0.25, 0.3) is 0 Å². The molecule has 2 rings (SSSR count). The largest absolute Gasteiger partial charge is 0.326 e. The topological polar surface area (TPSA) is 87.3 Å². The van der Waals surface area contributed by atoms with Crippen molar-refractivity contribution in [3.8, 4) is 0 Å². The third-order valence-corrected chi connectivity index (χ3v) is 4.03. The van der Waals surface area contributed by atoms with Gasteiger partial charge in [-0.3, -0.25) is 9.52 Å². The molecule has 0 aromatic heterocycles. The zero-order chi connectivity index (χ0) is 15.5. The number of amides is 1. The minimum absolute atomic E-state index is 0.00748. The molecule has 7 heteroatoms. The van der Waals surface area contributed by atoms with Crippen molar-refractivity contribution in [1.29, 1.82) is 0 Å². The number of carbonyl (C=O) groups excluding carboxylic acids is 1. The minimum Gasteiger partial charge on any atom is -0.326 e. The van der Waals surface area contributed by atoms with E-state index in [0.29, 0.717) is 23.7 Å². The molecule has 21 heavy (non-hydrogen) atoms. The lowest BCUT2D eigenvalue weighted by Gasteiger charge is -2.12. The number of carbonyl (C=O) groups is 1. The van der Waals surface area contributed by atoms with Gasteiger partial charge in [-0.15, -0.1) is 0 Å². The van der Waals surface area contributed by atoms with Crippen LogP contribution < -0.4 is 15.4 Å². The Kier molecular flexibility index (Phi) is 4.84. The van der Waals surface area contributed by atoms with E-state index < -0.39 is 10.0 Å². The Balaban J connectivity index is 1.97. The molecule has 0 aliphatic carbocycles. The Bertz CT molecular complexity index is 622. The second-order valence-corrected chi connectivity index (χ2v) is 7.26. The monoisotopic (exact) mass is 311 g/mol. The summed E-state index contributed by atoms with van der Waals surface area (Å²) in [4.78, 5) is 11.9. The van der Waals surface area contributed by atoms with Crippen LogP contribution in [-0.2, 0) is 14.8 Å². The molecule has 0 spiro atoms. The lowest BCUT2D eigenvalue weighted by atomic mass is 10.0. The molecule has 1 unspecified atom stereocenters. The summed E-state index contributed by atoms with van der Waals surface area (Å²) in [6, 6.07) is 5.12. The molecule has 116 valence electrons. The van der Waals surface area contributed by atoms with Crippen LogP contribution in [0.25, 0.3) is 0 Å². The molecule has 1 saturated heterocycles. The van der Waals surface area contributed by atoms with Gasteiger partial charge in [0.05, 0.1) is 11.9 Å². The van der Waals surface area contributed by atoms with Crippen molar-refractivity contribution in [2.45, 2.75) is 19.8 Å². The van der Waals surface area contributed by atoms with Gasteiger partial charge < -0.3 is 10.6 Å². The van der Waals surface area contributed by atoms with Crippen LogP contribution in [0.1, 0.15) is 18.4 Å². The summed E-state index contributed by atoms with van der Waals surface area (Å²) in [6.45, 7) is 3.66. The fourth-order valence-electron chi connectivity index (χ4n) is 2.42. The molecule has 3 N–H and O–H groups in total. The number of sulfonamides is 1. The first-order valence-corrected chi connectivity index (χ1v) is 8.81. The van der Waals surface area contributed by atoms with E-state index in [1.54, 1.807) is 25.1 Å². The highest BCUT2D eigenvalue weighted by molar-refractivity contribution is 7.92. The van der Waals surface area contributed by atoms with E-state index in [9.17, 15) is 13.2 Å². The van der Waals surface area contributed by atoms with Crippen molar-refractivity contribution in [3.05, 3.63) is 23.8 Å². The second kappa shape index (κ2) is 6.44. The van der Waals surface area contributed by atoms with Crippen LogP contribution in [0.4, 0.5) is 11.4 Å². The maximum absolute atomic E-state index is 11.9. The standard InChI is InChI=1S/C14H21N3O3S/c1-10-7-12(3-4-13(10)17-21(2,19)20)16-14(18)8-11-5-6-15-9-11/h3-4,7,11,15,17H,5-6,8-9H2,1-2H3,(H,16,18). The zero-order valence-corrected chi connectivity index (χ0v) is 13.1. The molecule has 1 aromatic rings. The minimum atomic E-state index is -3.30. The normalized spacial score (nSPS) is 18.5. The fraction of sp³-hybridized carbons (Fsp3) is 0.500. The predicted octanol–water partition coefficient (Wildman–Crippen LogP) is 1.30. The number of hydrogen-bond donors (Lipinski definition) is 3. The van der Waals surface area contributed by atoms with Crippen molar-refractivity contribution in [1.82, 2.24) is 5.32 Å². The first kappa shape index (κ1) is 15.8. The fourth-order valence-corrected chi connectivity index (χ4v) is 3.05. The summed E-state index contributed by atoms with van der Waals surface area (Å²) in [5.74, 6) is 0.393. The van der Waals surface area contributed by atoms with E-state index in [0.717, 1.165) is 31.3 Å². The number of hydrogen-bond acceptors (Lipinski definition) is 4. The Hall–Kier alpha value is -1.60. The van der Waals surface area contributed by atoms with Gasteiger partial charge in [0, 0.05) is 12.1 Å². The molecule has 0 radical (unpaired) electrons. The molecular weight excluding hydrogens is 290 g/mol. The van der Waals surface area contributed by atoms with Crippen LogP contribution in [0, 0.1) is 12.8 Å². The van der Waals surface area contributed by atoms with Gasteiger partial charge in [-0.05, 0) is 56.1 Å². The van der Waals surface area contributed by atoms with Crippen molar-refractivity contribution in [2.24, 2.45) is 5.92 Å². The quantitative estimate of drug-likeness (QED) is 0.765. The summed E-state index contributed by atoms with van der Waals surface area (Å²) in [6.07, 6.45) is 2.65. The smallest absolute Gasteiger partial charge is 0.229 e. The maximum atomic E-state index is 11.9. The lowest BCUT2D eigenvalue weighted by Crippen LogP contribution is -2.18. The molecule has 0 bridgehead atoms. The van der Waals surface area contributed by atoms with Crippen LogP contribution in [-0.4, -0.2) is 33.7 Å². The van der Waals surface area contributed by atoms with Gasteiger partial charge in [-0.1, -0.05) is 0 Å². The first-order chi connectivity index (χ1) is 9.83. The highest BCUT2D eigenvalue weighted by atomic mass is 32.2. The van der Waals surface area contributed by atoms with E-state index in [1.165, 1.54) is 0 Å². The van der Waals surface area contributed by atoms with Crippen molar-refractivity contribution in [2.75, 3.05) is 29.4 Å². The third-order valence-electron chi connectivity index (χ3n) is 3.44. The molecule has 0 saturated carbocycles. The first-order valence-electron chi connectivity index (χ1n) is 6.92. The van der Waals surface area contributed by atoms with Crippen LogP contribution in [0.3, 0.4) is 0 Å². The SMILES string of the molecule is Cc1cc(NC(=O)CC2CCNC2)ccc1NS(C)(=O)=O. The van der Waals surface area contributed by atoms with Gasteiger partial charge in [0.1, 0.15) is 0 Å². The number of benzene rings is 1. The average Bonchev–Trinajstić information content (AvgIpc) is 2.84. The molecule has 1 fully saturated rings. The van der Waals surface area contributed by atoms with E-state index in [2.05, 4.69) is 15.4 Å². The van der Waals surface area contributed by atoms with Crippen molar-refractivity contribution >= 4 is 27.3 Å². The van der Waals surface area contributed by atoms with E-state index in [4.69, 9.17) is 0 Å². The Morgan fingerprint density at radius 3 is 2.76 bits per heavy atom. The van der Waals surface area contributed by atoms with Crippen LogP contribution in [0.2, 0.25) is 0 Å². The number of anilines is 2. The summed E-state index contributed by atoms with van der Waals surface area (Å²) < 4.78 is 24.9. The van der Waals surface area contributed by atoms with Crippen LogP contribution in [0.5, 0.6) is 0 Å². The predicted molar refractivity (Wildman–Crippen MR) is 83.9 cm³/mol. The summed E-state index contributed by atoms with van der Waals surface area (Å²) in [5, 5.41) is 6.09. The number of nitrogens with one attached hydrogen (secondary N) is 3. The van der Waals surface area contributed by atoms with Gasteiger partial charge in [0.15, 0.2) is 0 Å². The zero-order valence-electron chi connectivity index (χ0n) is 12.3. The molecule has 1 heterocycles. The van der Waals surface area contributed by atoms with Gasteiger partial charge in [0.2, 0.25) is 15.9 Å². The maximum Gasteiger partial charge on any atom is 0.229 e. The molecule has 1 amide bonds. The van der Waals surface area contributed by atoms with Crippen molar-refractivity contribution in [3.63, 3.8) is 0 Å². The summed E-state index contributed by atoms with van der Waals surface area (Å²) in [7, 11) is -3.30. The Labute approximate surface area is 125 Å². The Morgan fingerprint density at radius 2 is 2.19 bits per heavy atom. The van der Waals surface area contributed by atoms with Gasteiger partial charge in [-0.2, -0.15) is 0 Å². The highest BCUT2D eigenvalue weighted by Gasteiger charge is 2.18. The Morgan fingerprint density at radius 1 is 1.43 bits per heavy atom. The van der Waals surface area contributed by atoms with Crippen LogP contribution in [0.15, 0.2) is 18.2 Å². The molecule has 1 aliphatic rings. The number of aryl methyl sites for hydroxylation is 1. The molecule has 1 aliphatic heterocycles.